The molecule has 1 aromatic carbocycles. The smallest absolute Gasteiger partial charge is 0.242 e. The SMILES string of the molecule is CCCCCCCCCC(=O)N(CCN1CCOCC1)CC(=O)N(Cc1ccc(F)cc1)Cc1ccco1. The number of benzene rings is 1. The van der Waals surface area contributed by atoms with Gasteiger partial charge in [0.2, 0.25) is 11.8 Å². The number of hydrogen-bond acceptors (Lipinski definition) is 5. The standard InChI is InChI=1S/C30H44FN3O4/c1-2-3-4-5-6-7-8-11-29(35)33(17-16-32-18-21-37-22-19-32)25-30(36)34(24-28-10-9-20-38-28)23-26-12-14-27(31)15-13-26/h9-10,12-15,20H,2-8,11,16-19,21-25H2,1H3. The van der Waals surface area contributed by atoms with Gasteiger partial charge in [-0.2, -0.15) is 0 Å². The molecule has 0 atom stereocenters. The number of amides is 2. The number of carbonyl (C=O) groups excluding carboxylic acids is 2. The lowest BCUT2D eigenvalue weighted by atomic mass is 10.1. The number of rotatable bonds is 17. The fourth-order valence-corrected chi connectivity index (χ4v) is 4.67. The molecule has 1 aliphatic rings. The molecule has 1 fully saturated rings. The Labute approximate surface area is 226 Å². The van der Waals surface area contributed by atoms with Crippen molar-refractivity contribution in [1.82, 2.24) is 14.7 Å². The molecule has 7 nitrogen and oxygen atoms in total. The number of halogens is 1. The van der Waals surface area contributed by atoms with E-state index >= 15 is 0 Å². The van der Waals surface area contributed by atoms with Crippen LogP contribution in [0.5, 0.6) is 0 Å². The Hall–Kier alpha value is -2.71. The van der Waals surface area contributed by atoms with Gasteiger partial charge in [0.05, 0.1) is 32.6 Å². The van der Waals surface area contributed by atoms with Gasteiger partial charge in [0.15, 0.2) is 0 Å². The van der Waals surface area contributed by atoms with Crippen LogP contribution in [0.25, 0.3) is 0 Å². The summed E-state index contributed by atoms with van der Waals surface area (Å²) in [5.41, 5.74) is 0.820. The third-order valence-electron chi connectivity index (χ3n) is 7.03. The molecule has 0 bridgehead atoms. The van der Waals surface area contributed by atoms with E-state index in [1.165, 1.54) is 37.8 Å². The highest BCUT2D eigenvalue weighted by atomic mass is 19.1. The molecule has 1 aromatic heterocycles. The molecule has 0 unspecified atom stereocenters. The fourth-order valence-electron chi connectivity index (χ4n) is 4.67. The summed E-state index contributed by atoms with van der Waals surface area (Å²) in [6, 6.07) is 9.76. The minimum Gasteiger partial charge on any atom is -0.467 e. The van der Waals surface area contributed by atoms with Crippen LogP contribution in [0.2, 0.25) is 0 Å². The monoisotopic (exact) mass is 529 g/mol. The van der Waals surface area contributed by atoms with Crippen LogP contribution in [0.4, 0.5) is 4.39 Å². The van der Waals surface area contributed by atoms with E-state index in [0.29, 0.717) is 38.5 Å². The van der Waals surface area contributed by atoms with Crippen molar-refractivity contribution in [3.05, 3.63) is 59.8 Å². The van der Waals surface area contributed by atoms with Gasteiger partial charge in [0, 0.05) is 39.1 Å². The predicted molar refractivity (Wildman–Crippen MR) is 146 cm³/mol. The van der Waals surface area contributed by atoms with E-state index in [1.807, 2.05) is 6.07 Å². The summed E-state index contributed by atoms with van der Waals surface area (Å²) in [6.07, 6.45) is 10.0. The first-order chi connectivity index (χ1) is 18.5. The third kappa shape index (κ3) is 11.0. The van der Waals surface area contributed by atoms with Crippen LogP contribution in [0.3, 0.4) is 0 Å². The lowest BCUT2D eigenvalue weighted by Gasteiger charge is -2.31. The molecule has 8 heteroatoms. The quantitative estimate of drug-likeness (QED) is 0.262. The summed E-state index contributed by atoms with van der Waals surface area (Å²) < 4.78 is 24.4. The van der Waals surface area contributed by atoms with Gasteiger partial charge in [-0.1, -0.05) is 57.6 Å². The number of nitrogens with zero attached hydrogens (tertiary/aromatic N) is 3. The number of furan rings is 1. The van der Waals surface area contributed by atoms with Gasteiger partial charge in [0.1, 0.15) is 11.6 Å². The second-order valence-electron chi connectivity index (χ2n) is 10.1. The Bertz CT molecular complexity index is 929. The van der Waals surface area contributed by atoms with Crippen molar-refractivity contribution in [3.63, 3.8) is 0 Å². The van der Waals surface area contributed by atoms with Crippen molar-refractivity contribution in [3.8, 4) is 0 Å². The van der Waals surface area contributed by atoms with Gasteiger partial charge in [-0.25, -0.2) is 4.39 Å². The average Bonchev–Trinajstić information content (AvgIpc) is 3.45. The molecule has 1 saturated heterocycles. The van der Waals surface area contributed by atoms with E-state index in [-0.39, 0.29) is 30.7 Å². The van der Waals surface area contributed by atoms with Gasteiger partial charge in [0.25, 0.3) is 0 Å². The molecule has 3 rings (SSSR count). The van der Waals surface area contributed by atoms with Crippen LogP contribution in [-0.2, 0) is 27.4 Å². The molecular weight excluding hydrogens is 485 g/mol. The predicted octanol–water partition coefficient (Wildman–Crippen LogP) is 5.25. The molecule has 210 valence electrons. The number of hydrogen-bond donors (Lipinski definition) is 0. The summed E-state index contributed by atoms with van der Waals surface area (Å²) in [7, 11) is 0. The summed E-state index contributed by atoms with van der Waals surface area (Å²) >= 11 is 0. The molecule has 2 amide bonds. The van der Waals surface area contributed by atoms with E-state index in [1.54, 1.807) is 34.3 Å². The van der Waals surface area contributed by atoms with Crippen molar-refractivity contribution >= 4 is 11.8 Å². The highest BCUT2D eigenvalue weighted by molar-refractivity contribution is 5.84. The zero-order valence-corrected chi connectivity index (χ0v) is 22.9. The molecule has 38 heavy (non-hydrogen) atoms. The van der Waals surface area contributed by atoms with Gasteiger partial charge in [-0.15, -0.1) is 0 Å². The minimum absolute atomic E-state index is 0.0155. The fraction of sp³-hybridized carbons (Fsp3) is 0.600. The maximum absolute atomic E-state index is 13.6. The highest BCUT2D eigenvalue weighted by Gasteiger charge is 2.23. The lowest BCUT2D eigenvalue weighted by Crippen LogP contribution is -2.47. The van der Waals surface area contributed by atoms with E-state index in [0.717, 1.165) is 44.5 Å². The van der Waals surface area contributed by atoms with Crippen LogP contribution < -0.4 is 0 Å². The van der Waals surface area contributed by atoms with Gasteiger partial charge >= 0.3 is 0 Å². The first-order valence-corrected chi connectivity index (χ1v) is 14.2. The lowest BCUT2D eigenvalue weighted by molar-refractivity contribution is -0.141. The largest absolute Gasteiger partial charge is 0.467 e. The summed E-state index contributed by atoms with van der Waals surface area (Å²) in [4.78, 5) is 32.5. The van der Waals surface area contributed by atoms with Crippen LogP contribution >= 0.6 is 0 Å². The number of ether oxygens (including phenoxy) is 1. The molecule has 0 spiro atoms. The Morgan fingerprint density at radius 1 is 0.895 bits per heavy atom. The Morgan fingerprint density at radius 2 is 1.61 bits per heavy atom. The second kappa shape index (κ2) is 17.0. The normalized spacial score (nSPS) is 13.9. The van der Waals surface area contributed by atoms with Crippen molar-refractivity contribution in [1.29, 1.82) is 0 Å². The van der Waals surface area contributed by atoms with Crippen LogP contribution in [0, 0.1) is 5.82 Å². The molecule has 0 aliphatic carbocycles. The zero-order valence-electron chi connectivity index (χ0n) is 22.9. The van der Waals surface area contributed by atoms with Gasteiger partial charge in [-0.05, 0) is 36.2 Å². The Morgan fingerprint density at radius 3 is 2.29 bits per heavy atom. The van der Waals surface area contributed by atoms with E-state index in [4.69, 9.17) is 9.15 Å². The van der Waals surface area contributed by atoms with Crippen LogP contribution in [0.15, 0.2) is 47.1 Å². The van der Waals surface area contributed by atoms with Crippen molar-refractivity contribution in [2.24, 2.45) is 0 Å². The zero-order chi connectivity index (χ0) is 27.0. The molecule has 0 N–H and O–H groups in total. The number of carbonyl (C=O) groups is 2. The summed E-state index contributed by atoms with van der Waals surface area (Å²) in [5.74, 6) is 0.221. The maximum Gasteiger partial charge on any atom is 0.242 e. The van der Waals surface area contributed by atoms with E-state index in [9.17, 15) is 14.0 Å². The molecule has 0 radical (unpaired) electrons. The number of morpholine rings is 1. The Balaban J connectivity index is 1.62. The highest BCUT2D eigenvalue weighted by Crippen LogP contribution is 2.14. The maximum atomic E-state index is 13.6. The molecule has 2 heterocycles. The van der Waals surface area contributed by atoms with Crippen molar-refractivity contribution < 1.29 is 23.1 Å². The van der Waals surface area contributed by atoms with Crippen molar-refractivity contribution in [2.75, 3.05) is 45.9 Å². The Kier molecular flexibility index (Phi) is 13.3. The summed E-state index contributed by atoms with van der Waals surface area (Å²) in [6.45, 7) is 7.10. The first-order valence-electron chi connectivity index (χ1n) is 14.2. The molecular formula is C30H44FN3O4. The second-order valence-corrected chi connectivity index (χ2v) is 10.1. The minimum atomic E-state index is -0.317. The topological polar surface area (TPSA) is 66.2 Å². The van der Waals surface area contributed by atoms with Gasteiger partial charge < -0.3 is 19.0 Å². The van der Waals surface area contributed by atoms with Crippen LogP contribution in [0.1, 0.15) is 69.6 Å². The van der Waals surface area contributed by atoms with Gasteiger partial charge in [-0.3, -0.25) is 14.5 Å². The molecule has 1 aliphatic heterocycles. The average molecular weight is 530 g/mol. The first kappa shape index (κ1) is 29.8. The molecule has 0 saturated carbocycles. The molecule has 2 aromatic rings. The van der Waals surface area contributed by atoms with Crippen molar-refractivity contribution in [2.45, 2.75) is 71.4 Å². The third-order valence-corrected chi connectivity index (χ3v) is 7.03. The van der Waals surface area contributed by atoms with Crippen LogP contribution in [-0.4, -0.2) is 72.5 Å². The van der Waals surface area contributed by atoms with E-state index < -0.39 is 0 Å². The summed E-state index contributed by atoms with van der Waals surface area (Å²) in [5, 5.41) is 0. The number of unbranched alkanes of at least 4 members (excludes halogenated alkanes) is 6. The van der Waals surface area contributed by atoms with E-state index in [2.05, 4.69) is 11.8 Å².